The Morgan fingerprint density at radius 3 is 2.27 bits per heavy atom. The number of benzene rings is 1. The van der Waals surface area contributed by atoms with Gasteiger partial charge in [-0.2, -0.15) is 0 Å². The van der Waals surface area contributed by atoms with Crippen molar-refractivity contribution in [3.05, 3.63) is 26.7 Å². The quantitative estimate of drug-likeness (QED) is 0.768. The molecule has 15 heavy (non-hydrogen) atoms. The molecule has 1 fully saturated rings. The molecule has 2 rings (SSSR count). The lowest BCUT2D eigenvalue weighted by Gasteiger charge is -2.17. The van der Waals surface area contributed by atoms with Crippen LogP contribution in [0.4, 0.5) is 0 Å². The van der Waals surface area contributed by atoms with Gasteiger partial charge in [-0.25, -0.2) is 0 Å². The molecule has 0 amide bonds. The van der Waals surface area contributed by atoms with E-state index >= 15 is 0 Å². The van der Waals surface area contributed by atoms with Crippen molar-refractivity contribution in [3.8, 4) is 5.75 Å². The Morgan fingerprint density at radius 2 is 1.80 bits per heavy atom. The average Bonchev–Trinajstić information content (AvgIpc) is 3.03. The van der Waals surface area contributed by atoms with Crippen LogP contribution in [-0.2, 0) is 4.74 Å². The fourth-order valence-electron chi connectivity index (χ4n) is 1.97. The highest BCUT2D eigenvalue weighted by atomic mass is 79.9. The van der Waals surface area contributed by atoms with Crippen LogP contribution in [-0.4, -0.2) is 13.7 Å². The third-order valence-electron chi connectivity index (χ3n) is 3.07. The first kappa shape index (κ1) is 11.0. The second-order valence-electron chi connectivity index (χ2n) is 3.96. The molecule has 1 aromatic rings. The number of epoxide rings is 1. The van der Waals surface area contributed by atoms with E-state index in [0.29, 0.717) is 0 Å². The number of hydrogen-bond acceptors (Lipinski definition) is 2. The number of hydrogen-bond donors (Lipinski definition) is 0. The molecular formula is C12H15BrO2. The van der Waals surface area contributed by atoms with Crippen molar-refractivity contribution in [1.82, 2.24) is 0 Å². The summed E-state index contributed by atoms with van der Waals surface area (Å²) < 4.78 is 12.0. The summed E-state index contributed by atoms with van der Waals surface area (Å²) in [5, 5.41) is 0. The van der Waals surface area contributed by atoms with Crippen LogP contribution < -0.4 is 4.74 Å². The fourth-order valence-corrected chi connectivity index (χ4v) is 2.48. The van der Waals surface area contributed by atoms with Gasteiger partial charge < -0.3 is 9.47 Å². The molecule has 1 unspecified atom stereocenters. The van der Waals surface area contributed by atoms with Gasteiger partial charge in [0.05, 0.1) is 13.7 Å². The Balaban J connectivity index is 2.70. The SMILES string of the molecule is COc1c(C)c(C)c(Br)c(C)c1C1CO1. The molecule has 1 aromatic carbocycles. The third kappa shape index (κ3) is 1.68. The smallest absolute Gasteiger partial charge is 0.128 e. The molecule has 1 aliphatic rings. The van der Waals surface area contributed by atoms with Gasteiger partial charge in [-0.3, -0.25) is 0 Å². The first-order chi connectivity index (χ1) is 7.07. The van der Waals surface area contributed by atoms with E-state index in [1.54, 1.807) is 7.11 Å². The molecule has 1 aliphatic heterocycles. The van der Waals surface area contributed by atoms with Gasteiger partial charge >= 0.3 is 0 Å². The average molecular weight is 271 g/mol. The van der Waals surface area contributed by atoms with E-state index < -0.39 is 0 Å². The van der Waals surface area contributed by atoms with Crippen molar-refractivity contribution in [2.45, 2.75) is 26.9 Å². The standard InChI is InChI=1S/C12H15BrO2/c1-6-7(2)12(14-4)10(9-5-15-9)8(3)11(6)13/h9H,5H2,1-4H3. The van der Waals surface area contributed by atoms with Crippen LogP contribution in [0.25, 0.3) is 0 Å². The van der Waals surface area contributed by atoms with Gasteiger partial charge in [0.1, 0.15) is 11.9 Å². The van der Waals surface area contributed by atoms with Gasteiger partial charge in [0.25, 0.3) is 0 Å². The Bertz CT molecular complexity index is 409. The van der Waals surface area contributed by atoms with Gasteiger partial charge in [-0.05, 0) is 37.5 Å². The molecule has 0 N–H and O–H groups in total. The monoisotopic (exact) mass is 270 g/mol. The number of rotatable bonds is 2. The summed E-state index contributed by atoms with van der Waals surface area (Å²) >= 11 is 3.63. The van der Waals surface area contributed by atoms with Crippen molar-refractivity contribution in [3.63, 3.8) is 0 Å². The van der Waals surface area contributed by atoms with E-state index in [9.17, 15) is 0 Å². The van der Waals surface area contributed by atoms with Crippen molar-refractivity contribution in [2.24, 2.45) is 0 Å². The van der Waals surface area contributed by atoms with E-state index in [1.807, 2.05) is 0 Å². The highest BCUT2D eigenvalue weighted by Gasteiger charge is 2.32. The van der Waals surface area contributed by atoms with E-state index in [-0.39, 0.29) is 6.10 Å². The second-order valence-corrected chi connectivity index (χ2v) is 4.75. The fraction of sp³-hybridized carbons (Fsp3) is 0.500. The summed E-state index contributed by atoms with van der Waals surface area (Å²) in [4.78, 5) is 0. The zero-order valence-electron chi connectivity index (χ0n) is 9.48. The first-order valence-electron chi connectivity index (χ1n) is 5.02. The Morgan fingerprint density at radius 1 is 1.20 bits per heavy atom. The zero-order valence-corrected chi connectivity index (χ0v) is 11.1. The summed E-state index contributed by atoms with van der Waals surface area (Å²) in [5.41, 5.74) is 4.87. The van der Waals surface area contributed by atoms with Gasteiger partial charge in [0, 0.05) is 10.0 Å². The van der Waals surface area contributed by atoms with Crippen molar-refractivity contribution < 1.29 is 9.47 Å². The van der Waals surface area contributed by atoms with Crippen LogP contribution >= 0.6 is 15.9 Å². The van der Waals surface area contributed by atoms with Crippen molar-refractivity contribution >= 4 is 15.9 Å². The minimum Gasteiger partial charge on any atom is -0.496 e. The lowest BCUT2D eigenvalue weighted by molar-refractivity contribution is 0.380. The van der Waals surface area contributed by atoms with Gasteiger partial charge in [0.2, 0.25) is 0 Å². The summed E-state index contributed by atoms with van der Waals surface area (Å²) in [6, 6.07) is 0. The summed E-state index contributed by atoms with van der Waals surface area (Å²) in [5.74, 6) is 0.982. The Labute approximate surface area is 98.7 Å². The largest absolute Gasteiger partial charge is 0.496 e. The molecule has 0 radical (unpaired) electrons. The van der Waals surface area contributed by atoms with Crippen LogP contribution in [0, 0.1) is 20.8 Å². The molecule has 0 spiro atoms. The Hall–Kier alpha value is -0.540. The maximum absolute atomic E-state index is 5.49. The summed E-state index contributed by atoms with van der Waals surface area (Å²) in [7, 11) is 1.72. The van der Waals surface area contributed by atoms with E-state index in [0.717, 1.165) is 12.4 Å². The molecule has 2 nitrogen and oxygen atoms in total. The number of halogens is 1. The molecule has 0 aromatic heterocycles. The van der Waals surface area contributed by atoms with Crippen LogP contribution in [0.15, 0.2) is 4.47 Å². The molecule has 0 bridgehead atoms. The highest BCUT2D eigenvalue weighted by molar-refractivity contribution is 9.10. The van der Waals surface area contributed by atoms with Gasteiger partial charge in [-0.1, -0.05) is 15.9 Å². The van der Waals surface area contributed by atoms with E-state index in [1.165, 1.54) is 26.7 Å². The molecule has 1 saturated heterocycles. The van der Waals surface area contributed by atoms with E-state index in [4.69, 9.17) is 9.47 Å². The van der Waals surface area contributed by atoms with Crippen LogP contribution in [0.3, 0.4) is 0 Å². The molecule has 0 aliphatic carbocycles. The van der Waals surface area contributed by atoms with Crippen molar-refractivity contribution in [1.29, 1.82) is 0 Å². The number of methoxy groups -OCH3 is 1. The molecule has 82 valence electrons. The lowest BCUT2D eigenvalue weighted by atomic mass is 9.97. The van der Waals surface area contributed by atoms with Crippen molar-refractivity contribution in [2.75, 3.05) is 13.7 Å². The normalized spacial score (nSPS) is 19.1. The minimum absolute atomic E-state index is 0.232. The van der Waals surface area contributed by atoms with Crippen LogP contribution in [0.5, 0.6) is 5.75 Å². The molecule has 0 saturated carbocycles. The zero-order chi connectivity index (χ0) is 11.2. The molecular weight excluding hydrogens is 256 g/mol. The second kappa shape index (κ2) is 3.80. The molecule has 1 heterocycles. The van der Waals surface area contributed by atoms with Gasteiger partial charge in [0.15, 0.2) is 0 Å². The highest BCUT2D eigenvalue weighted by Crippen LogP contribution is 2.44. The predicted molar refractivity (Wildman–Crippen MR) is 63.6 cm³/mol. The minimum atomic E-state index is 0.232. The maximum atomic E-state index is 5.49. The number of ether oxygens (including phenoxy) is 2. The Kier molecular flexibility index (Phi) is 2.77. The maximum Gasteiger partial charge on any atom is 0.128 e. The summed E-state index contributed by atoms with van der Waals surface area (Å²) in [6.45, 7) is 7.11. The van der Waals surface area contributed by atoms with Crippen LogP contribution in [0.2, 0.25) is 0 Å². The third-order valence-corrected chi connectivity index (χ3v) is 4.26. The topological polar surface area (TPSA) is 21.8 Å². The molecule has 1 atom stereocenters. The van der Waals surface area contributed by atoms with Crippen LogP contribution in [0.1, 0.15) is 28.4 Å². The molecule has 3 heteroatoms. The van der Waals surface area contributed by atoms with Gasteiger partial charge in [-0.15, -0.1) is 0 Å². The van der Waals surface area contributed by atoms with E-state index in [2.05, 4.69) is 36.7 Å². The lowest BCUT2D eigenvalue weighted by Crippen LogP contribution is -2.01. The first-order valence-corrected chi connectivity index (χ1v) is 5.82. The predicted octanol–water partition coefficient (Wildman–Crippen LogP) is 3.45. The summed E-state index contributed by atoms with van der Waals surface area (Å²) in [6.07, 6.45) is 0.232.